The normalized spacial score (nSPS) is 14.7. The van der Waals surface area contributed by atoms with Gasteiger partial charge in [0, 0.05) is 30.3 Å². The van der Waals surface area contributed by atoms with Crippen molar-refractivity contribution in [3.05, 3.63) is 71.4 Å². The smallest absolute Gasteiger partial charge is 0.166 e. The lowest BCUT2D eigenvalue weighted by Gasteiger charge is -2.18. The van der Waals surface area contributed by atoms with Crippen LogP contribution < -0.4 is 5.32 Å². The Morgan fingerprint density at radius 1 is 1.11 bits per heavy atom. The molecule has 10 nitrogen and oxygen atoms in total. The van der Waals surface area contributed by atoms with Crippen LogP contribution in [-0.2, 0) is 34.1 Å². The van der Waals surface area contributed by atoms with Gasteiger partial charge in [-0.1, -0.05) is 12.1 Å². The van der Waals surface area contributed by atoms with Gasteiger partial charge < -0.3 is 5.32 Å². The number of sulfone groups is 1. The van der Waals surface area contributed by atoms with Crippen molar-refractivity contribution in [2.24, 2.45) is 0 Å². The first-order valence-electron chi connectivity index (χ1n) is 12.5. The molecule has 4 heterocycles. The Morgan fingerprint density at radius 2 is 1.92 bits per heavy atom. The third kappa shape index (κ3) is 5.67. The van der Waals surface area contributed by atoms with Gasteiger partial charge in [-0.05, 0) is 51.3 Å². The molecule has 0 atom stereocenters. The van der Waals surface area contributed by atoms with E-state index in [-0.39, 0.29) is 22.8 Å². The van der Waals surface area contributed by atoms with E-state index < -0.39 is 9.84 Å². The largest absolute Gasteiger partial charge is 0.323 e. The maximum absolute atomic E-state index is 12.7. The van der Waals surface area contributed by atoms with Crippen molar-refractivity contribution in [1.29, 1.82) is 0 Å². The third-order valence-corrected chi connectivity index (χ3v) is 8.16. The van der Waals surface area contributed by atoms with Crippen LogP contribution in [0.2, 0.25) is 0 Å². The molecule has 0 radical (unpaired) electrons. The number of hydrogen-bond acceptors (Lipinski definition) is 8. The number of anilines is 2. The Bertz CT molecular complexity index is 1610. The van der Waals surface area contributed by atoms with E-state index in [1.807, 2.05) is 36.0 Å². The predicted molar refractivity (Wildman–Crippen MR) is 145 cm³/mol. The van der Waals surface area contributed by atoms with E-state index in [0.717, 1.165) is 22.4 Å². The first-order chi connectivity index (χ1) is 18.0. The molecule has 1 N–H and O–H groups in total. The topological polar surface area (TPSA) is 125 Å². The van der Waals surface area contributed by atoms with Crippen LogP contribution in [0.25, 0.3) is 11.3 Å². The summed E-state index contributed by atoms with van der Waals surface area (Å²) < 4.78 is 27.3. The van der Waals surface area contributed by atoms with Crippen LogP contribution >= 0.6 is 0 Å². The van der Waals surface area contributed by atoms with E-state index in [4.69, 9.17) is 0 Å². The molecule has 1 aliphatic rings. The van der Waals surface area contributed by atoms with Crippen LogP contribution in [0.4, 0.5) is 11.6 Å². The molecule has 0 saturated carbocycles. The molecule has 3 aromatic heterocycles. The maximum atomic E-state index is 12.7. The number of hydrogen-bond donors (Lipinski definition) is 1. The molecule has 0 saturated heterocycles. The average molecular weight is 534 g/mol. The molecule has 0 amide bonds. The van der Waals surface area contributed by atoms with Gasteiger partial charge in [0.15, 0.2) is 21.4 Å². The molecule has 0 aliphatic carbocycles. The SMILES string of the molecule is Cc1cc(-c2cc(Nc3cc4n(n3)CCS(=O)(=O)C4)ncn2)ccc1CCC(=O)c1cnn(C(C)(C)C)c1. The van der Waals surface area contributed by atoms with Gasteiger partial charge in [0.25, 0.3) is 0 Å². The standard InChI is InChI=1S/C27H31N7O3S/c1-18-11-20(6-5-19(18)7-8-24(35)21-14-30-34(15-21)27(2,3)4)23-13-25(29-17-28-23)31-26-12-22-16-38(36,37)10-9-33(22)32-26/h5-6,11-15,17H,7-10,16H2,1-4H3,(H,28,29,31,32). The van der Waals surface area contributed by atoms with Gasteiger partial charge in [-0.2, -0.15) is 10.2 Å². The van der Waals surface area contributed by atoms with Crippen molar-refractivity contribution in [2.45, 2.75) is 58.4 Å². The molecule has 0 fully saturated rings. The average Bonchev–Trinajstić information content (AvgIpc) is 3.50. The molecule has 38 heavy (non-hydrogen) atoms. The fraction of sp³-hybridized carbons (Fsp3) is 0.370. The minimum Gasteiger partial charge on any atom is -0.323 e. The molecule has 0 spiro atoms. The van der Waals surface area contributed by atoms with Gasteiger partial charge in [-0.3, -0.25) is 14.2 Å². The second-order valence-corrected chi connectivity index (χ2v) is 12.8. The minimum atomic E-state index is -3.07. The zero-order chi connectivity index (χ0) is 27.1. The first kappa shape index (κ1) is 25.8. The molecular formula is C27H31N7O3S. The van der Waals surface area contributed by atoms with Crippen LogP contribution in [0.15, 0.2) is 49.1 Å². The first-order valence-corrected chi connectivity index (χ1v) is 14.3. The van der Waals surface area contributed by atoms with E-state index in [1.165, 1.54) is 6.33 Å². The summed E-state index contributed by atoms with van der Waals surface area (Å²) in [5.74, 6) is 1.29. The number of carbonyl (C=O) groups is 1. The van der Waals surface area contributed by atoms with Crippen molar-refractivity contribution in [2.75, 3.05) is 11.1 Å². The highest BCUT2D eigenvalue weighted by atomic mass is 32.2. The van der Waals surface area contributed by atoms with Gasteiger partial charge in [0.2, 0.25) is 0 Å². The van der Waals surface area contributed by atoms with Crippen LogP contribution in [0.3, 0.4) is 0 Å². The fourth-order valence-electron chi connectivity index (χ4n) is 4.43. The van der Waals surface area contributed by atoms with E-state index in [1.54, 1.807) is 16.9 Å². The van der Waals surface area contributed by atoms with E-state index in [0.29, 0.717) is 42.3 Å². The number of nitrogens with zero attached hydrogens (tertiary/aromatic N) is 6. The third-order valence-electron chi connectivity index (χ3n) is 6.62. The highest BCUT2D eigenvalue weighted by Gasteiger charge is 2.23. The summed E-state index contributed by atoms with van der Waals surface area (Å²) >= 11 is 0. The van der Waals surface area contributed by atoms with Crippen molar-refractivity contribution >= 4 is 27.3 Å². The number of ketones is 1. The number of nitrogens with one attached hydrogen (secondary N) is 1. The summed E-state index contributed by atoms with van der Waals surface area (Å²) in [5, 5.41) is 12.0. The maximum Gasteiger partial charge on any atom is 0.166 e. The molecule has 5 rings (SSSR count). The summed E-state index contributed by atoms with van der Waals surface area (Å²) in [6, 6.07) is 9.67. The van der Waals surface area contributed by atoms with Crippen molar-refractivity contribution < 1.29 is 13.2 Å². The Balaban J connectivity index is 1.26. The number of Topliss-reactive ketones (excluding diaryl/α,β-unsaturated/α-hetero) is 1. The molecule has 4 aromatic rings. The number of benzene rings is 1. The highest BCUT2D eigenvalue weighted by Crippen LogP contribution is 2.25. The molecule has 198 valence electrons. The monoisotopic (exact) mass is 533 g/mol. The second-order valence-electron chi connectivity index (χ2n) is 10.7. The number of carbonyl (C=O) groups excluding carboxylic acids is 1. The van der Waals surface area contributed by atoms with Crippen molar-refractivity contribution in [1.82, 2.24) is 29.5 Å². The van der Waals surface area contributed by atoms with E-state index >= 15 is 0 Å². The summed E-state index contributed by atoms with van der Waals surface area (Å²) in [4.78, 5) is 21.4. The Hall–Kier alpha value is -3.86. The minimum absolute atomic E-state index is 0.00548. The van der Waals surface area contributed by atoms with Crippen LogP contribution in [-0.4, -0.2) is 49.5 Å². The number of fused-ring (bicyclic) bond motifs is 1. The summed E-state index contributed by atoms with van der Waals surface area (Å²) in [6.07, 6.45) is 6.00. The molecular weight excluding hydrogens is 502 g/mol. The molecule has 0 bridgehead atoms. The predicted octanol–water partition coefficient (Wildman–Crippen LogP) is 4.09. The lowest BCUT2D eigenvalue weighted by molar-refractivity contribution is 0.0982. The van der Waals surface area contributed by atoms with Gasteiger partial charge in [-0.15, -0.1) is 0 Å². The number of rotatable bonds is 7. The van der Waals surface area contributed by atoms with E-state index in [9.17, 15) is 13.2 Å². The van der Waals surface area contributed by atoms with Gasteiger partial charge >= 0.3 is 0 Å². The Morgan fingerprint density at radius 3 is 2.66 bits per heavy atom. The number of aryl methyl sites for hydroxylation is 3. The van der Waals surface area contributed by atoms with Crippen molar-refractivity contribution in [3.8, 4) is 11.3 Å². The zero-order valence-corrected chi connectivity index (χ0v) is 22.8. The molecule has 1 aromatic carbocycles. The van der Waals surface area contributed by atoms with Gasteiger partial charge in [-0.25, -0.2) is 18.4 Å². The number of aromatic nitrogens is 6. The lowest BCUT2D eigenvalue weighted by Crippen LogP contribution is -2.24. The van der Waals surface area contributed by atoms with E-state index in [2.05, 4.69) is 52.3 Å². The summed E-state index contributed by atoms with van der Waals surface area (Å²) in [5.41, 5.74) is 5.01. The van der Waals surface area contributed by atoms with Crippen LogP contribution in [0.1, 0.15) is 54.4 Å². The van der Waals surface area contributed by atoms with Crippen LogP contribution in [0, 0.1) is 6.92 Å². The molecule has 0 unspecified atom stereocenters. The Labute approximate surface area is 222 Å². The fourth-order valence-corrected chi connectivity index (χ4v) is 5.70. The van der Waals surface area contributed by atoms with Gasteiger partial charge in [0.05, 0.1) is 46.7 Å². The summed E-state index contributed by atoms with van der Waals surface area (Å²) in [6.45, 7) is 8.54. The van der Waals surface area contributed by atoms with Gasteiger partial charge in [0.1, 0.15) is 12.1 Å². The zero-order valence-electron chi connectivity index (χ0n) is 22.0. The molecule has 11 heteroatoms. The highest BCUT2D eigenvalue weighted by molar-refractivity contribution is 7.90. The van der Waals surface area contributed by atoms with Crippen molar-refractivity contribution in [3.63, 3.8) is 0 Å². The molecule has 1 aliphatic heterocycles. The second kappa shape index (κ2) is 9.79. The quantitative estimate of drug-likeness (QED) is 0.352. The summed E-state index contributed by atoms with van der Waals surface area (Å²) in [7, 11) is -3.07. The van der Waals surface area contributed by atoms with Crippen LogP contribution in [0.5, 0.6) is 0 Å². The Kier molecular flexibility index (Phi) is 6.64. The lowest BCUT2D eigenvalue weighted by atomic mass is 9.98.